The summed E-state index contributed by atoms with van der Waals surface area (Å²) in [5.41, 5.74) is 1.21. The van der Waals surface area contributed by atoms with Gasteiger partial charge in [0.05, 0.1) is 5.52 Å². The van der Waals surface area contributed by atoms with E-state index in [1.165, 1.54) is 12.8 Å². The molecule has 2 unspecified atom stereocenters. The lowest BCUT2D eigenvalue weighted by molar-refractivity contribution is 0.0919. The molecule has 0 aliphatic carbocycles. The molecule has 130 valence electrons. The molecule has 4 nitrogen and oxygen atoms in total. The van der Waals surface area contributed by atoms with Gasteiger partial charge in [0.2, 0.25) is 0 Å². The smallest absolute Gasteiger partial charge is 0.270 e. The number of piperidine rings is 1. The fraction of sp³-hybridized carbons (Fsp3) is 0.412. The van der Waals surface area contributed by atoms with Gasteiger partial charge in [-0.3, -0.25) is 4.79 Å². The van der Waals surface area contributed by atoms with Gasteiger partial charge in [0, 0.05) is 28.5 Å². The highest BCUT2D eigenvalue weighted by atomic mass is 35.5. The second-order valence-electron chi connectivity index (χ2n) is 6.31. The molecule has 1 amide bonds. The summed E-state index contributed by atoms with van der Waals surface area (Å²) < 4.78 is 0. The molecule has 1 aromatic heterocycles. The van der Waals surface area contributed by atoms with Crippen molar-refractivity contribution in [3.05, 3.63) is 41.0 Å². The normalized spacial score (nSPS) is 24.8. The lowest BCUT2D eigenvalue weighted by Gasteiger charge is -2.29. The number of halogens is 3. The highest BCUT2D eigenvalue weighted by Crippen LogP contribution is 2.27. The molecule has 2 aromatic rings. The van der Waals surface area contributed by atoms with E-state index in [4.69, 9.17) is 11.6 Å². The van der Waals surface area contributed by atoms with Gasteiger partial charge >= 0.3 is 0 Å². The Morgan fingerprint density at radius 3 is 2.50 bits per heavy atom. The van der Waals surface area contributed by atoms with Gasteiger partial charge in [0.15, 0.2) is 0 Å². The van der Waals surface area contributed by atoms with Crippen LogP contribution in [-0.2, 0) is 0 Å². The monoisotopic (exact) mass is 387 g/mol. The van der Waals surface area contributed by atoms with Gasteiger partial charge in [-0.1, -0.05) is 23.7 Å². The minimum absolute atomic E-state index is 0. The van der Waals surface area contributed by atoms with Crippen LogP contribution >= 0.6 is 36.4 Å². The zero-order valence-electron chi connectivity index (χ0n) is 13.0. The molecule has 2 aliphatic heterocycles. The topological polar surface area (TPSA) is 54.0 Å². The van der Waals surface area contributed by atoms with Gasteiger partial charge in [-0.25, -0.2) is 4.98 Å². The van der Waals surface area contributed by atoms with Crippen LogP contribution in [0.5, 0.6) is 0 Å². The van der Waals surface area contributed by atoms with E-state index in [0.29, 0.717) is 22.8 Å². The van der Waals surface area contributed by atoms with Crippen LogP contribution in [0.3, 0.4) is 0 Å². The summed E-state index contributed by atoms with van der Waals surface area (Å²) in [5, 5.41) is 8.34. The van der Waals surface area contributed by atoms with Crippen molar-refractivity contribution in [2.24, 2.45) is 0 Å². The van der Waals surface area contributed by atoms with Crippen LogP contribution in [0, 0.1) is 0 Å². The Kier molecular flexibility index (Phi) is 6.32. The summed E-state index contributed by atoms with van der Waals surface area (Å²) >= 11 is 6.00. The van der Waals surface area contributed by atoms with Crippen LogP contribution < -0.4 is 10.6 Å². The van der Waals surface area contributed by atoms with E-state index in [0.717, 1.165) is 23.7 Å². The second kappa shape index (κ2) is 7.87. The summed E-state index contributed by atoms with van der Waals surface area (Å²) in [7, 11) is 0. The molecule has 2 fully saturated rings. The van der Waals surface area contributed by atoms with E-state index >= 15 is 0 Å². The molecule has 2 bridgehead atoms. The minimum atomic E-state index is -0.0897. The molecule has 1 aromatic carbocycles. The molecule has 24 heavy (non-hydrogen) atoms. The molecule has 2 saturated heterocycles. The van der Waals surface area contributed by atoms with Gasteiger partial charge in [0.1, 0.15) is 5.69 Å². The molecule has 7 heteroatoms. The summed E-state index contributed by atoms with van der Waals surface area (Å²) in [6, 6.07) is 10.6. The SMILES string of the molecule is Cl.Cl.O=C(NC1CC2CCC(C1)N2)c1ccc2ccc(Cl)cc2n1. The maximum Gasteiger partial charge on any atom is 0.270 e. The first-order valence-corrected chi connectivity index (χ1v) is 8.18. The van der Waals surface area contributed by atoms with E-state index in [9.17, 15) is 4.79 Å². The third-order valence-electron chi connectivity index (χ3n) is 4.70. The minimum Gasteiger partial charge on any atom is -0.348 e. The van der Waals surface area contributed by atoms with Crippen molar-refractivity contribution in [3.63, 3.8) is 0 Å². The third-order valence-corrected chi connectivity index (χ3v) is 4.93. The number of benzene rings is 1. The Bertz CT molecular complexity index is 728. The molecule has 2 aliphatic rings. The molecular weight excluding hydrogens is 369 g/mol. The number of amides is 1. The van der Waals surface area contributed by atoms with Crippen LogP contribution in [0.4, 0.5) is 0 Å². The largest absolute Gasteiger partial charge is 0.348 e. The molecule has 0 spiro atoms. The lowest BCUT2D eigenvalue weighted by Crippen LogP contribution is -2.48. The van der Waals surface area contributed by atoms with Gasteiger partial charge in [0.25, 0.3) is 5.91 Å². The Labute approximate surface area is 158 Å². The molecular formula is C17H20Cl3N3O. The van der Waals surface area contributed by atoms with Crippen molar-refractivity contribution >= 4 is 53.2 Å². The first-order valence-electron chi connectivity index (χ1n) is 7.80. The van der Waals surface area contributed by atoms with E-state index in [1.54, 1.807) is 12.1 Å². The molecule has 4 rings (SSSR count). The number of carbonyl (C=O) groups is 1. The zero-order chi connectivity index (χ0) is 15.1. The number of carbonyl (C=O) groups excluding carboxylic acids is 1. The first kappa shape index (κ1) is 19.3. The maximum atomic E-state index is 12.4. The van der Waals surface area contributed by atoms with Gasteiger partial charge in [-0.15, -0.1) is 24.8 Å². The van der Waals surface area contributed by atoms with E-state index in [-0.39, 0.29) is 36.8 Å². The standard InChI is InChI=1S/C17H18ClN3O.2ClH/c18-11-3-1-10-2-6-15(21-16(10)7-11)17(22)20-14-8-12-4-5-13(9-14)19-12;;/h1-3,6-7,12-14,19H,4-5,8-9H2,(H,20,22);2*1H. The van der Waals surface area contributed by atoms with Crippen LogP contribution in [0.25, 0.3) is 10.9 Å². The number of pyridine rings is 1. The predicted molar refractivity (Wildman–Crippen MR) is 102 cm³/mol. The van der Waals surface area contributed by atoms with Crippen LogP contribution in [0.1, 0.15) is 36.2 Å². The van der Waals surface area contributed by atoms with Crippen molar-refractivity contribution in [2.75, 3.05) is 0 Å². The Hall–Kier alpha value is -1.07. The summed E-state index contributed by atoms with van der Waals surface area (Å²) in [6.45, 7) is 0. The van der Waals surface area contributed by atoms with Crippen LogP contribution in [0.15, 0.2) is 30.3 Å². The van der Waals surface area contributed by atoms with Crippen LogP contribution in [-0.4, -0.2) is 29.0 Å². The van der Waals surface area contributed by atoms with Gasteiger partial charge in [-0.05, 0) is 43.9 Å². The number of fused-ring (bicyclic) bond motifs is 3. The predicted octanol–water partition coefficient (Wildman–Crippen LogP) is 3.74. The van der Waals surface area contributed by atoms with Crippen molar-refractivity contribution in [3.8, 4) is 0 Å². The average molecular weight is 389 g/mol. The average Bonchev–Trinajstić information content (AvgIpc) is 2.85. The van der Waals surface area contributed by atoms with Crippen molar-refractivity contribution in [1.29, 1.82) is 0 Å². The number of nitrogens with zero attached hydrogens (tertiary/aromatic N) is 1. The van der Waals surface area contributed by atoms with Crippen molar-refractivity contribution in [2.45, 2.75) is 43.8 Å². The summed E-state index contributed by atoms with van der Waals surface area (Å²) in [6.07, 6.45) is 4.48. The Balaban J connectivity index is 0.00000104. The highest BCUT2D eigenvalue weighted by molar-refractivity contribution is 6.31. The molecule has 2 N–H and O–H groups in total. The fourth-order valence-corrected chi connectivity index (χ4v) is 3.82. The van der Waals surface area contributed by atoms with E-state index < -0.39 is 0 Å². The van der Waals surface area contributed by atoms with Crippen molar-refractivity contribution in [1.82, 2.24) is 15.6 Å². The van der Waals surface area contributed by atoms with Crippen LogP contribution in [0.2, 0.25) is 5.02 Å². The van der Waals surface area contributed by atoms with Crippen molar-refractivity contribution < 1.29 is 4.79 Å². The van der Waals surface area contributed by atoms with Gasteiger partial charge in [-0.2, -0.15) is 0 Å². The Morgan fingerprint density at radius 2 is 1.79 bits per heavy atom. The number of nitrogens with one attached hydrogen (secondary N) is 2. The highest BCUT2D eigenvalue weighted by Gasteiger charge is 2.34. The molecule has 3 heterocycles. The second-order valence-corrected chi connectivity index (χ2v) is 6.75. The summed E-state index contributed by atoms with van der Waals surface area (Å²) in [5.74, 6) is -0.0897. The quantitative estimate of drug-likeness (QED) is 0.824. The lowest BCUT2D eigenvalue weighted by atomic mass is 9.99. The fourth-order valence-electron chi connectivity index (χ4n) is 3.65. The summed E-state index contributed by atoms with van der Waals surface area (Å²) in [4.78, 5) is 16.9. The molecule has 0 radical (unpaired) electrons. The first-order chi connectivity index (χ1) is 10.7. The number of rotatable bonds is 2. The van der Waals surface area contributed by atoms with E-state index in [2.05, 4.69) is 15.6 Å². The number of hydrogen-bond acceptors (Lipinski definition) is 3. The Morgan fingerprint density at radius 1 is 1.12 bits per heavy atom. The van der Waals surface area contributed by atoms with Gasteiger partial charge < -0.3 is 10.6 Å². The molecule has 0 saturated carbocycles. The zero-order valence-corrected chi connectivity index (χ0v) is 15.4. The third kappa shape index (κ3) is 3.94. The van der Waals surface area contributed by atoms with E-state index in [1.807, 2.05) is 18.2 Å². The molecule has 2 atom stereocenters. The number of aromatic nitrogens is 1. The number of hydrogen-bond donors (Lipinski definition) is 2. The maximum absolute atomic E-state index is 12.4.